The zero-order valence-corrected chi connectivity index (χ0v) is 10.6. The molecule has 2 heterocycles. The molecule has 0 spiro atoms. The molecule has 0 saturated heterocycles. The molecule has 0 aromatic carbocycles. The summed E-state index contributed by atoms with van der Waals surface area (Å²) in [6, 6.07) is 0. The molecule has 0 aromatic rings. The molecule has 2 aliphatic rings. The van der Waals surface area contributed by atoms with Crippen molar-refractivity contribution >= 4 is 22.0 Å². The molecule has 2 rings (SSSR count). The van der Waals surface area contributed by atoms with Gasteiger partial charge in [-0.2, -0.15) is 0 Å². The quantitative estimate of drug-likeness (QED) is 0.583. The van der Waals surface area contributed by atoms with Gasteiger partial charge >= 0.3 is 5.17 Å². The van der Waals surface area contributed by atoms with Gasteiger partial charge in [-0.3, -0.25) is 9.48 Å². The van der Waals surface area contributed by atoms with Crippen LogP contribution in [0.4, 0.5) is 0 Å². The van der Waals surface area contributed by atoms with E-state index in [1.54, 1.807) is 11.8 Å². The summed E-state index contributed by atoms with van der Waals surface area (Å²) in [7, 11) is 4.24. The predicted octanol–water partition coefficient (Wildman–Crippen LogP) is 1.18. The molecule has 0 amide bonds. The summed E-state index contributed by atoms with van der Waals surface area (Å²) in [5, 5.41) is 6.48. The monoisotopic (exact) mass is 228 g/mol. The molecule has 5 heteroatoms. The van der Waals surface area contributed by atoms with E-state index >= 15 is 0 Å². The van der Waals surface area contributed by atoms with Gasteiger partial charge in [-0.25, -0.2) is 0 Å². The largest absolute Gasteiger partial charge is 0.389 e. The number of hydrogen-bond donors (Lipinski definition) is 0. The highest BCUT2D eigenvalue weighted by Crippen LogP contribution is 2.29. The Bertz CT molecular complexity index is 336. The lowest BCUT2D eigenvalue weighted by Gasteiger charge is -2.13. The molecule has 0 N–H and O–H groups in total. The van der Waals surface area contributed by atoms with Crippen molar-refractivity contribution < 1.29 is 9.41 Å². The Morgan fingerprint density at radius 1 is 1.53 bits per heavy atom. The lowest BCUT2D eigenvalue weighted by molar-refractivity contribution is -0.483. The van der Waals surface area contributed by atoms with Crippen molar-refractivity contribution in [3.63, 3.8) is 0 Å². The van der Waals surface area contributed by atoms with E-state index in [1.807, 2.05) is 0 Å². The van der Waals surface area contributed by atoms with E-state index in [0.29, 0.717) is 0 Å². The van der Waals surface area contributed by atoms with Gasteiger partial charge in [-0.1, -0.05) is 5.16 Å². The standard InChI is InChI=1S/C10H18N3OS/c1-10(2)7-8(11-14-10)15-9-12(3)5-6-13(9)4/h5-7H2,1-4H3/q+1. The van der Waals surface area contributed by atoms with Crippen molar-refractivity contribution in [1.29, 1.82) is 0 Å². The van der Waals surface area contributed by atoms with Gasteiger partial charge in [0.15, 0.2) is 0 Å². The second kappa shape index (κ2) is 3.70. The molecular weight excluding hydrogens is 210 g/mol. The first-order valence-corrected chi connectivity index (χ1v) is 6.02. The van der Waals surface area contributed by atoms with Crippen molar-refractivity contribution in [2.45, 2.75) is 25.9 Å². The van der Waals surface area contributed by atoms with Gasteiger partial charge in [0.2, 0.25) is 0 Å². The molecule has 2 aliphatic heterocycles. The minimum atomic E-state index is -0.126. The molecule has 0 unspecified atom stereocenters. The van der Waals surface area contributed by atoms with E-state index in [-0.39, 0.29) is 5.60 Å². The Morgan fingerprint density at radius 2 is 2.27 bits per heavy atom. The molecule has 84 valence electrons. The maximum atomic E-state index is 5.35. The van der Waals surface area contributed by atoms with Crippen LogP contribution < -0.4 is 0 Å². The summed E-state index contributed by atoms with van der Waals surface area (Å²) in [5.74, 6) is 0. The van der Waals surface area contributed by atoms with Crippen LogP contribution in [-0.4, -0.2) is 52.5 Å². The lowest BCUT2D eigenvalue weighted by Crippen LogP contribution is -2.24. The minimum absolute atomic E-state index is 0.126. The van der Waals surface area contributed by atoms with Crippen LogP contribution in [0.3, 0.4) is 0 Å². The maximum Gasteiger partial charge on any atom is 0.314 e. The summed E-state index contributed by atoms with van der Waals surface area (Å²) in [5.41, 5.74) is -0.126. The molecule has 0 fully saturated rings. The minimum Gasteiger partial charge on any atom is -0.389 e. The van der Waals surface area contributed by atoms with Gasteiger partial charge < -0.3 is 4.84 Å². The first kappa shape index (κ1) is 10.8. The van der Waals surface area contributed by atoms with E-state index in [4.69, 9.17) is 4.84 Å². The van der Waals surface area contributed by atoms with Crippen LogP contribution >= 0.6 is 11.8 Å². The number of nitrogens with zero attached hydrogens (tertiary/aromatic N) is 3. The van der Waals surface area contributed by atoms with Crippen LogP contribution in [-0.2, 0) is 4.84 Å². The van der Waals surface area contributed by atoms with Crippen LogP contribution in [0.1, 0.15) is 20.3 Å². The smallest absolute Gasteiger partial charge is 0.314 e. The van der Waals surface area contributed by atoms with Crippen molar-refractivity contribution in [1.82, 2.24) is 4.90 Å². The summed E-state index contributed by atoms with van der Waals surface area (Å²) in [4.78, 5) is 7.61. The predicted molar refractivity (Wildman–Crippen MR) is 63.5 cm³/mol. The van der Waals surface area contributed by atoms with Gasteiger partial charge in [0.05, 0.1) is 14.1 Å². The third-order valence-electron chi connectivity index (χ3n) is 2.60. The highest BCUT2D eigenvalue weighted by Gasteiger charge is 2.34. The Balaban J connectivity index is 2.02. The van der Waals surface area contributed by atoms with E-state index < -0.39 is 0 Å². The molecule has 0 radical (unpaired) electrons. The van der Waals surface area contributed by atoms with Crippen LogP contribution in [0, 0.1) is 0 Å². The number of amidine groups is 1. The van der Waals surface area contributed by atoms with Crippen molar-refractivity contribution in [2.24, 2.45) is 5.16 Å². The van der Waals surface area contributed by atoms with Gasteiger partial charge in [0, 0.05) is 18.2 Å². The van der Waals surface area contributed by atoms with Gasteiger partial charge in [-0.05, 0) is 13.8 Å². The third kappa shape index (κ3) is 2.27. The maximum absolute atomic E-state index is 5.35. The topological polar surface area (TPSA) is 27.8 Å². The zero-order valence-electron chi connectivity index (χ0n) is 9.78. The second-order valence-corrected chi connectivity index (χ2v) is 5.78. The Labute approximate surface area is 95.0 Å². The molecular formula is C10H18N3OS+. The van der Waals surface area contributed by atoms with E-state index in [2.05, 4.69) is 42.6 Å². The van der Waals surface area contributed by atoms with Crippen molar-refractivity contribution in [3.05, 3.63) is 0 Å². The zero-order chi connectivity index (χ0) is 11.1. The molecule has 4 nitrogen and oxygen atoms in total. The molecule has 0 atom stereocenters. The Kier molecular flexibility index (Phi) is 2.66. The highest BCUT2D eigenvalue weighted by molar-refractivity contribution is 8.26. The van der Waals surface area contributed by atoms with Crippen molar-refractivity contribution in [3.8, 4) is 0 Å². The molecule has 0 aromatic heterocycles. The summed E-state index contributed by atoms with van der Waals surface area (Å²) < 4.78 is 2.26. The van der Waals surface area contributed by atoms with Crippen LogP contribution in [0.2, 0.25) is 0 Å². The fourth-order valence-electron chi connectivity index (χ4n) is 1.70. The van der Waals surface area contributed by atoms with Crippen LogP contribution in [0.5, 0.6) is 0 Å². The number of rotatable bonds is 0. The molecule has 0 bridgehead atoms. The van der Waals surface area contributed by atoms with Gasteiger partial charge in [0.1, 0.15) is 23.7 Å². The Hall–Kier alpha value is -0.710. The summed E-state index contributed by atoms with van der Waals surface area (Å²) >= 11 is 1.73. The lowest BCUT2D eigenvalue weighted by atomic mass is 10.1. The molecule has 15 heavy (non-hydrogen) atoms. The average Bonchev–Trinajstić information content (AvgIpc) is 2.63. The van der Waals surface area contributed by atoms with E-state index in [9.17, 15) is 0 Å². The van der Waals surface area contributed by atoms with Crippen molar-refractivity contribution in [2.75, 3.05) is 27.2 Å². The van der Waals surface area contributed by atoms with Gasteiger partial charge in [-0.15, -0.1) is 0 Å². The Morgan fingerprint density at radius 3 is 2.73 bits per heavy atom. The number of likely N-dealkylation sites (N-methyl/N-ethyl adjacent to an activating group) is 2. The third-order valence-corrected chi connectivity index (χ3v) is 3.86. The first-order valence-electron chi connectivity index (χ1n) is 5.20. The van der Waals surface area contributed by atoms with Crippen LogP contribution in [0.15, 0.2) is 5.16 Å². The average molecular weight is 228 g/mol. The van der Waals surface area contributed by atoms with E-state index in [0.717, 1.165) is 24.6 Å². The van der Waals surface area contributed by atoms with E-state index in [1.165, 1.54) is 5.17 Å². The van der Waals surface area contributed by atoms with Crippen LogP contribution in [0.25, 0.3) is 0 Å². The fourth-order valence-corrected chi connectivity index (χ4v) is 2.90. The number of oxime groups is 1. The fraction of sp³-hybridized carbons (Fsp3) is 0.800. The number of thioether (sulfide) groups is 1. The SMILES string of the molecule is CN1CC[N+](C)=C1SC1=NOC(C)(C)C1. The molecule has 0 aliphatic carbocycles. The summed E-state index contributed by atoms with van der Waals surface area (Å²) in [6.07, 6.45) is 0.906. The first-order chi connectivity index (χ1) is 6.98. The summed E-state index contributed by atoms with van der Waals surface area (Å²) in [6.45, 7) is 6.32. The van der Waals surface area contributed by atoms with Gasteiger partial charge in [0.25, 0.3) is 0 Å². The highest BCUT2D eigenvalue weighted by atomic mass is 32.2. The normalized spacial score (nSPS) is 24.5. The molecule has 0 saturated carbocycles. The number of hydrogen-bond acceptors (Lipinski definition) is 4. The second-order valence-electron chi connectivity index (χ2n) is 4.74.